The van der Waals surface area contributed by atoms with Crippen molar-refractivity contribution in [2.24, 2.45) is 0 Å². The van der Waals surface area contributed by atoms with Crippen LogP contribution in [0.2, 0.25) is 0 Å². The van der Waals surface area contributed by atoms with E-state index in [1.165, 1.54) is 18.5 Å². The summed E-state index contributed by atoms with van der Waals surface area (Å²) in [5.41, 5.74) is 1.28. The molecule has 2 aromatic heterocycles. The number of fused-ring (bicyclic) bond motifs is 2. The van der Waals surface area contributed by atoms with Crippen LogP contribution in [-0.2, 0) is 17.9 Å². The molecule has 1 amide bonds. The summed E-state index contributed by atoms with van der Waals surface area (Å²) in [5.74, 6) is -0.289. The third-order valence-corrected chi connectivity index (χ3v) is 5.54. The van der Waals surface area contributed by atoms with Crippen molar-refractivity contribution >= 4 is 5.91 Å². The first-order valence-electron chi connectivity index (χ1n) is 10.3. The van der Waals surface area contributed by atoms with E-state index in [9.17, 15) is 14.0 Å². The standard InChI is InChI=1S/C22H20FN5O4/c23-14-7-13-10-31-12-32-20(13)15(8-14)22(30)27-17-3-1-2-6-28-19(29)9-18(26-21(17)28)16-4-5-24-11-25-16/h4-5,7-9,11,17H,1-3,6,10,12H2,(H,27,30). The number of carbonyl (C=O) groups excluding carboxylic acids is 1. The predicted octanol–water partition coefficient (Wildman–Crippen LogP) is 2.36. The Bertz CT molecular complexity index is 1230. The van der Waals surface area contributed by atoms with Crippen molar-refractivity contribution in [2.75, 3.05) is 6.79 Å². The maximum Gasteiger partial charge on any atom is 0.255 e. The van der Waals surface area contributed by atoms with Gasteiger partial charge in [0.2, 0.25) is 0 Å². The predicted molar refractivity (Wildman–Crippen MR) is 110 cm³/mol. The number of benzene rings is 1. The molecule has 0 saturated heterocycles. The summed E-state index contributed by atoms with van der Waals surface area (Å²) < 4.78 is 26.4. The van der Waals surface area contributed by atoms with Crippen LogP contribution in [0.25, 0.3) is 11.4 Å². The molecule has 0 aliphatic carbocycles. The maximum atomic E-state index is 14.1. The number of ether oxygens (including phenoxy) is 2. The third-order valence-electron chi connectivity index (χ3n) is 5.54. The molecular formula is C22H20FN5O4. The van der Waals surface area contributed by atoms with Gasteiger partial charge >= 0.3 is 0 Å². The van der Waals surface area contributed by atoms with Gasteiger partial charge in [-0.15, -0.1) is 0 Å². The van der Waals surface area contributed by atoms with E-state index in [1.54, 1.807) is 16.8 Å². The molecule has 1 unspecified atom stereocenters. The Balaban J connectivity index is 1.52. The van der Waals surface area contributed by atoms with Crippen molar-refractivity contribution in [1.29, 1.82) is 0 Å². The summed E-state index contributed by atoms with van der Waals surface area (Å²) in [6.45, 7) is 0.663. The summed E-state index contributed by atoms with van der Waals surface area (Å²) in [6.07, 6.45) is 5.12. The van der Waals surface area contributed by atoms with E-state index < -0.39 is 17.8 Å². The van der Waals surface area contributed by atoms with Crippen LogP contribution in [0, 0.1) is 5.82 Å². The lowest BCUT2D eigenvalue weighted by atomic mass is 10.1. The van der Waals surface area contributed by atoms with E-state index in [0.717, 1.165) is 18.9 Å². The summed E-state index contributed by atoms with van der Waals surface area (Å²) in [7, 11) is 0. The molecule has 1 atom stereocenters. The molecule has 0 fully saturated rings. The monoisotopic (exact) mass is 437 g/mol. The molecule has 5 rings (SSSR count). The molecule has 9 nitrogen and oxygen atoms in total. The second-order valence-corrected chi connectivity index (χ2v) is 7.66. The molecule has 1 aromatic carbocycles. The second-order valence-electron chi connectivity index (χ2n) is 7.66. The SMILES string of the molecule is O=C(NC1CCCCn2c1nc(-c1ccncn1)cc2=O)c1cc(F)cc2c1OCOC2. The highest BCUT2D eigenvalue weighted by molar-refractivity contribution is 5.97. The Morgan fingerprint density at radius 1 is 1.22 bits per heavy atom. The number of rotatable bonds is 3. The molecule has 2 aliphatic heterocycles. The first-order valence-corrected chi connectivity index (χ1v) is 10.3. The first kappa shape index (κ1) is 20.3. The number of aromatic nitrogens is 4. The molecule has 10 heteroatoms. The van der Waals surface area contributed by atoms with E-state index in [0.29, 0.717) is 41.5 Å². The average molecular weight is 437 g/mol. The zero-order valence-electron chi connectivity index (χ0n) is 17.1. The van der Waals surface area contributed by atoms with Crippen LogP contribution >= 0.6 is 0 Å². The summed E-state index contributed by atoms with van der Waals surface area (Å²) in [4.78, 5) is 38.7. The van der Waals surface area contributed by atoms with Crippen molar-refractivity contribution in [3.8, 4) is 17.1 Å². The number of hydrogen-bond donors (Lipinski definition) is 1. The molecule has 0 saturated carbocycles. The van der Waals surface area contributed by atoms with Gasteiger partial charge in [-0.05, 0) is 37.5 Å². The van der Waals surface area contributed by atoms with Crippen molar-refractivity contribution in [2.45, 2.75) is 38.5 Å². The minimum absolute atomic E-state index is 0.00951. The van der Waals surface area contributed by atoms with Gasteiger partial charge in [-0.1, -0.05) is 0 Å². The molecule has 4 heterocycles. The number of nitrogens with one attached hydrogen (secondary N) is 1. The molecule has 0 spiro atoms. The van der Waals surface area contributed by atoms with Crippen LogP contribution in [-0.4, -0.2) is 32.2 Å². The van der Waals surface area contributed by atoms with Crippen molar-refractivity contribution in [3.63, 3.8) is 0 Å². The van der Waals surface area contributed by atoms with Gasteiger partial charge < -0.3 is 14.8 Å². The minimum atomic E-state index is -0.551. The van der Waals surface area contributed by atoms with Gasteiger partial charge in [0.15, 0.2) is 6.79 Å². The van der Waals surface area contributed by atoms with Gasteiger partial charge in [0.25, 0.3) is 11.5 Å². The second kappa shape index (κ2) is 8.46. The quantitative estimate of drug-likeness (QED) is 0.670. The van der Waals surface area contributed by atoms with Gasteiger partial charge in [0.1, 0.15) is 23.7 Å². The van der Waals surface area contributed by atoms with E-state index in [-0.39, 0.29) is 24.5 Å². The Morgan fingerprint density at radius 3 is 2.97 bits per heavy atom. The highest BCUT2D eigenvalue weighted by Gasteiger charge is 2.27. The Kier molecular flexibility index (Phi) is 5.36. The van der Waals surface area contributed by atoms with Crippen LogP contribution in [0.1, 0.15) is 47.1 Å². The molecule has 0 bridgehead atoms. The summed E-state index contributed by atoms with van der Waals surface area (Å²) >= 11 is 0. The number of amides is 1. The number of halogens is 1. The highest BCUT2D eigenvalue weighted by Crippen LogP contribution is 2.31. The van der Waals surface area contributed by atoms with Crippen LogP contribution < -0.4 is 15.6 Å². The molecule has 2 aliphatic rings. The van der Waals surface area contributed by atoms with Crippen LogP contribution in [0.5, 0.6) is 5.75 Å². The average Bonchev–Trinajstić information content (AvgIpc) is 3.01. The minimum Gasteiger partial charge on any atom is -0.466 e. The van der Waals surface area contributed by atoms with Crippen LogP contribution in [0.4, 0.5) is 4.39 Å². The molecule has 0 radical (unpaired) electrons. The van der Waals surface area contributed by atoms with Crippen molar-refractivity contribution in [3.05, 3.63) is 69.9 Å². The molecule has 1 N–H and O–H groups in total. The van der Waals surface area contributed by atoms with E-state index in [4.69, 9.17) is 9.47 Å². The lowest BCUT2D eigenvalue weighted by molar-refractivity contribution is -0.0170. The first-order chi connectivity index (χ1) is 15.6. The van der Waals surface area contributed by atoms with Gasteiger partial charge in [0.05, 0.1) is 29.6 Å². The van der Waals surface area contributed by atoms with E-state index >= 15 is 0 Å². The maximum absolute atomic E-state index is 14.1. The number of hydrogen-bond acceptors (Lipinski definition) is 7. The van der Waals surface area contributed by atoms with E-state index in [1.807, 2.05) is 0 Å². The van der Waals surface area contributed by atoms with Crippen LogP contribution in [0.3, 0.4) is 0 Å². The molecule has 3 aromatic rings. The van der Waals surface area contributed by atoms with Crippen molar-refractivity contribution < 1.29 is 18.7 Å². The smallest absolute Gasteiger partial charge is 0.255 e. The summed E-state index contributed by atoms with van der Waals surface area (Å²) in [5, 5.41) is 2.93. The van der Waals surface area contributed by atoms with Crippen LogP contribution in [0.15, 0.2) is 41.6 Å². The van der Waals surface area contributed by atoms with Crippen molar-refractivity contribution in [1.82, 2.24) is 24.8 Å². The fraction of sp³-hybridized carbons (Fsp3) is 0.318. The van der Waals surface area contributed by atoms with Gasteiger partial charge in [0, 0.05) is 24.4 Å². The zero-order valence-corrected chi connectivity index (χ0v) is 17.1. The van der Waals surface area contributed by atoms with E-state index in [2.05, 4.69) is 20.3 Å². The highest BCUT2D eigenvalue weighted by atomic mass is 19.1. The fourth-order valence-electron chi connectivity index (χ4n) is 4.06. The molecule has 32 heavy (non-hydrogen) atoms. The Labute approximate surface area is 182 Å². The number of carbonyl (C=O) groups is 1. The fourth-order valence-corrected chi connectivity index (χ4v) is 4.06. The normalized spacial score (nSPS) is 17.5. The summed E-state index contributed by atoms with van der Waals surface area (Å²) in [6, 6.07) is 5.02. The lowest BCUT2D eigenvalue weighted by Gasteiger charge is -2.23. The third kappa shape index (κ3) is 3.84. The van der Waals surface area contributed by atoms with Gasteiger partial charge in [-0.3, -0.25) is 14.2 Å². The van der Waals surface area contributed by atoms with Gasteiger partial charge in [-0.25, -0.2) is 19.3 Å². The topological polar surface area (TPSA) is 108 Å². The molecule has 164 valence electrons. The molecular weight excluding hydrogens is 417 g/mol. The zero-order chi connectivity index (χ0) is 22.1. The Hall–Kier alpha value is -3.66. The Morgan fingerprint density at radius 2 is 2.12 bits per heavy atom. The lowest BCUT2D eigenvalue weighted by Crippen LogP contribution is -2.34. The largest absolute Gasteiger partial charge is 0.466 e. The number of nitrogens with zero attached hydrogens (tertiary/aromatic N) is 4. The van der Waals surface area contributed by atoms with Gasteiger partial charge in [-0.2, -0.15) is 0 Å².